The zero-order valence-corrected chi connectivity index (χ0v) is 23.6. The predicted octanol–water partition coefficient (Wildman–Crippen LogP) is 9.54. The highest BCUT2D eigenvalue weighted by atomic mass is 32.2. The lowest BCUT2D eigenvalue weighted by Gasteiger charge is -2.19. The quantitative estimate of drug-likeness (QED) is 0.393. The van der Waals surface area contributed by atoms with Gasteiger partial charge >= 0.3 is 0 Å². The summed E-state index contributed by atoms with van der Waals surface area (Å²) in [5, 5.41) is 0. The number of rotatable bonds is 3. The van der Waals surface area contributed by atoms with E-state index in [2.05, 4.69) is 119 Å². The molecule has 0 nitrogen and oxygen atoms in total. The third-order valence-corrected chi connectivity index (χ3v) is 9.45. The van der Waals surface area contributed by atoms with E-state index in [-0.39, 0.29) is 5.41 Å². The smallest absolute Gasteiger partial charge is 0.0392 e. The minimum absolute atomic E-state index is 0.202. The highest BCUT2D eigenvalue weighted by Gasteiger charge is 2.30. The number of hydrogen-bond donors (Lipinski definition) is 0. The molecule has 2 aromatic rings. The fraction of sp³-hybridized carbons (Fsp3) is 0.375. The van der Waals surface area contributed by atoms with Gasteiger partial charge < -0.3 is 0 Å². The maximum atomic E-state index is 3.90. The van der Waals surface area contributed by atoms with Gasteiger partial charge in [0.25, 0.3) is 0 Å². The molecular formula is C32H37SSi. The number of allylic oxidation sites excluding steroid dienone is 7. The Hall–Kier alpha value is -2.03. The number of benzene rings is 2. The van der Waals surface area contributed by atoms with Crippen molar-refractivity contribution < 1.29 is 0 Å². The fourth-order valence-corrected chi connectivity index (χ4v) is 7.05. The topological polar surface area (TPSA) is 0 Å². The summed E-state index contributed by atoms with van der Waals surface area (Å²) in [6, 6.07) is 15.7. The van der Waals surface area contributed by atoms with Crippen LogP contribution in [0.4, 0.5) is 0 Å². The number of thioether (sulfide) groups is 1. The lowest BCUT2D eigenvalue weighted by Crippen LogP contribution is -2.10. The Morgan fingerprint density at radius 1 is 0.912 bits per heavy atom. The molecule has 3 aliphatic rings. The van der Waals surface area contributed by atoms with E-state index in [0.29, 0.717) is 11.5 Å². The van der Waals surface area contributed by atoms with E-state index in [1.54, 1.807) is 15.4 Å². The average molecular weight is 482 g/mol. The first kappa shape index (κ1) is 25.1. The molecule has 3 radical (unpaired) electrons. The van der Waals surface area contributed by atoms with Crippen LogP contribution >= 0.6 is 11.8 Å². The van der Waals surface area contributed by atoms with E-state index in [9.17, 15) is 0 Å². The summed E-state index contributed by atoms with van der Waals surface area (Å²) in [6.07, 6.45) is 9.17. The minimum atomic E-state index is 0.202. The molecule has 2 aliphatic carbocycles. The third-order valence-electron chi connectivity index (χ3n) is 7.31. The Labute approximate surface area is 214 Å². The molecule has 0 aromatic heterocycles. The van der Waals surface area contributed by atoms with Crippen LogP contribution in [0.25, 0.3) is 17.2 Å². The maximum absolute atomic E-state index is 3.90. The molecule has 5 rings (SSSR count). The molecule has 1 heterocycles. The van der Waals surface area contributed by atoms with E-state index >= 15 is 0 Å². The van der Waals surface area contributed by atoms with Gasteiger partial charge in [0.1, 0.15) is 0 Å². The molecule has 34 heavy (non-hydrogen) atoms. The molecule has 0 saturated carbocycles. The van der Waals surface area contributed by atoms with E-state index < -0.39 is 0 Å². The highest BCUT2D eigenvalue weighted by molar-refractivity contribution is 8.07. The Bertz CT molecular complexity index is 1200. The van der Waals surface area contributed by atoms with Gasteiger partial charge in [0.2, 0.25) is 0 Å². The maximum Gasteiger partial charge on any atom is 0.0392 e. The molecule has 0 saturated heterocycles. The van der Waals surface area contributed by atoms with Crippen LogP contribution in [-0.4, -0.2) is 10.2 Å². The van der Waals surface area contributed by atoms with Gasteiger partial charge in [-0.3, -0.25) is 0 Å². The van der Waals surface area contributed by atoms with Crippen molar-refractivity contribution in [1.82, 2.24) is 0 Å². The van der Waals surface area contributed by atoms with Crippen LogP contribution in [0.15, 0.2) is 81.1 Å². The zero-order valence-electron chi connectivity index (χ0n) is 21.8. The van der Waals surface area contributed by atoms with Crippen LogP contribution in [0.1, 0.15) is 83.5 Å². The number of hydrogen-bond acceptors (Lipinski definition) is 1. The van der Waals surface area contributed by atoms with Crippen LogP contribution in [-0.2, 0) is 5.41 Å². The van der Waals surface area contributed by atoms with Crippen molar-refractivity contribution in [3.05, 3.63) is 97.8 Å². The summed E-state index contributed by atoms with van der Waals surface area (Å²) in [4.78, 5) is 3.13. The second-order valence-electron chi connectivity index (χ2n) is 10.6. The van der Waals surface area contributed by atoms with Crippen molar-refractivity contribution in [3.63, 3.8) is 0 Å². The van der Waals surface area contributed by atoms with E-state index in [4.69, 9.17) is 0 Å². The Balaban J connectivity index is 0.000000192. The van der Waals surface area contributed by atoms with Gasteiger partial charge in [0.05, 0.1) is 0 Å². The van der Waals surface area contributed by atoms with Gasteiger partial charge in [-0.15, -0.1) is 0 Å². The lowest BCUT2D eigenvalue weighted by atomic mass is 9.86. The fourth-order valence-electron chi connectivity index (χ4n) is 5.19. The van der Waals surface area contributed by atoms with Crippen LogP contribution < -0.4 is 0 Å². The van der Waals surface area contributed by atoms with E-state index in [1.807, 2.05) is 11.8 Å². The van der Waals surface area contributed by atoms with Gasteiger partial charge in [-0.1, -0.05) is 124 Å². The van der Waals surface area contributed by atoms with Crippen molar-refractivity contribution >= 4 is 28.1 Å². The van der Waals surface area contributed by atoms with Crippen LogP contribution in [0.5, 0.6) is 0 Å². The Morgan fingerprint density at radius 2 is 1.62 bits per heavy atom. The predicted molar refractivity (Wildman–Crippen MR) is 153 cm³/mol. The first-order valence-corrected chi connectivity index (χ1v) is 14.0. The van der Waals surface area contributed by atoms with Gasteiger partial charge in [-0.25, -0.2) is 0 Å². The van der Waals surface area contributed by atoms with Gasteiger partial charge in [0.15, 0.2) is 0 Å². The monoisotopic (exact) mass is 481 g/mol. The van der Waals surface area contributed by atoms with Crippen LogP contribution in [0.3, 0.4) is 0 Å². The Kier molecular flexibility index (Phi) is 7.31. The van der Waals surface area contributed by atoms with Crippen molar-refractivity contribution in [2.45, 2.75) is 72.3 Å². The lowest BCUT2D eigenvalue weighted by molar-refractivity contribution is 0.590. The van der Waals surface area contributed by atoms with E-state index in [0.717, 1.165) is 6.42 Å². The third kappa shape index (κ3) is 4.72. The highest BCUT2D eigenvalue weighted by Crippen LogP contribution is 2.51. The van der Waals surface area contributed by atoms with Crippen molar-refractivity contribution in [3.8, 4) is 11.1 Å². The van der Waals surface area contributed by atoms with Crippen LogP contribution in [0, 0.1) is 5.92 Å². The first-order chi connectivity index (χ1) is 16.2. The summed E-state index contributed by atoms with van der Waals surface area (Å²) >= 11 is 1.98. The van der Waals surface area contributed by atoms with Crippen molar-refractivity contribution in [2.24, 2.45) is 5.92 Å². The molecule has 2 aromatic carbocycles. The van der Waals surface area contributed by atoms with Gasteiger partial charge in [-0.2, -0.15) is 0 Å². The summed E-state index contributed by atoms with van der Waals surface area (Å²) in [7, 11) is 3.90. The zero-order chi connectivity index (χ0) is 24.6. The molecule has 175 valence electrons. The molecule has 2 heteroatoms. The second-order valence-corrected chi connectivity index (χ2v) is 12.4. The average Bonchev–Trinajstić information content (AvgIpc) is 3.46. The summed E-state index contributed by atoms with van der Waals surface area (Å²) < 4.78 is 0. The van der Waals surface area contributed by atoms with Crippen LogP contribution in [0.2, 0.25) is 0 Å². The summed E-state index contributed by atoms with van der Waals surface area (Å²) in [6.45, 7) is 15.8. The number of fused-ring (bicyclic) bond motifs is 2. The standard InChI is InChI=1S/C21H23Si.C11H14S/c1-5-14-13-19-17(7-6-8-18(19)20(14)22)15-9-11-16(12-10-15)21(2,3)4;1-4-9-8(3)11-7(2)5-6-10(11)12-9/h6-13,20H,5H2,1-4H3;5-6,11H,4H2,1-3H3. The molecule has 0 amide bonds. The molecule has 1 aliphatic heterocycles. The summed E-state index contributed by atoms with van der Waals surface area (Å²) in [5.41, 5.74) is 11.9. The molecular weight excluding hydrogens is 445 g/mol. The van der Waals surface area contributed by atoms with Gasteiger partial charge in [-0.05, 0) is 70.4 Å². The SMILES string of the molecule is CCC1=C(C)C2C(C)=CC=C2S1.CCC1=Cc2c(-c3ccc(C(C)(C)C)cc3)cccc2C1[Si]. The van der Waals surface area contributed by atoms with Crippen molar-refractivity contribution in [2.75, 3.05) is 0 Å². The minimum Gasteiger partial charge on any atom is -0.0981 e. The van der Waals surface area contributed by atoms with Crippen molar-refractivity contribution in [1.29, 1.82) is 0 Å². The molecule has 0 bridgehead atoms. The Morgan fingerprint density at radius 3 is 2.21 bits per heavy atom. The molecule has 0 fully saturated rings. The molecule has 0 spiro atoms. The van der Waals surface area contributed by atoms with Gasteiger partial charge in [0, 0.05) is 21.1 Å². The molecule has 2 atom stereocenters. The molecule has 2 unspecified atom stereocenters. The first-order valence-electron chi connectivity index (χ1n) is 12.6. The second kappa shape index (κ2) is 9.91. The van der Waals surface area contributed by atoms with E-state index in [1.165, 1.54) is 45.4 Å². The molecule has 0 N–H and O–H groups in total. The normalized spacial score (nSPS) is 20.9. The largest absolute Gasteiger partial charge is 0.0981 e. The summed E-state index contributed by atoms with van der Waals surface area (Å²) in [5.74, 6) is 0.657.